The fraction of sp³-hybridized carbons (Fsp3) is 0.222. The highest BCUT2D eigenvalue weighted by Gasteiger charge is 2.04. The van der Waals surface area contributed by atoms with Crippen molar-refractivity contribution in [3.63, 3.8) is 0 Å². The fourth-order valence-corrected chi connectivity index (χ4v) is 2.73. The second-order valence-electron chi connectivity index (χ2n) is 2.91. The standard InChI is InChI=1S/C9H10BrN3S/c10-8-1-2-14-9(8)5-13-6-12-4-7(13)3-11/h1-2,4,6H,3,5,11H2. The molecule has 0 bridgehead atoms. The Morgan fingerprint density at radius 1 is 1.57 bits per heavy atom. The number of rotatable bonds is 3. The third-order valence-corrected chi connectivity index (χ3v) is 3.92. The molecule has 0 saturated carbocycles. The van der Waals surface area contributed by atoms with E-state index in [1.165, 1.54) is 4.88 Å². The smallest absolute Gasteiger partial charge is 0.0952 e. The summed E-state index contributed by atoms with van der Waals surface area (Å²) in [6.45, 7) is 1.37. The summed E-state index contributed by atoms with van der Waals surface area (Å²) in [4.78, 5) is 5.36. The molecule has 0 aromatic carbocycles. The number of hydrogen-bond donors (Lipinski definition) is 1. The third-order valence-electron chi connectivity index (χ3n) is 2.01. The van der Waals surface area contributed by atoms with Crippen molar-refractivity contribution >= 4 is 27.3 Å². The van der Waals surface area contributed by atoms with Crippen LogP contribution in [0.2, 0.25) is 0 Å². The van der Waals surface area contributed by atoms with E-state index in [2.05, 4.69) is 36.9 Å². The maximum Gasteiger partial charge on any atom is 0.0952 e. The maximum atomic E-state index is 5.59. The highest BCUT2D eigenvalue weighted by Crippen LogP contribution is 2.23. The van der Waals surface area contributed by atoms with Crippen LogP contribution in [0.3, 0.4) is 0 Å². The predicted molar refractivity (Wildman–Crippen MR) is 61.2 cm³/mol. The highest BCUT2D eigenvalue weighted by molar-refractivity contribution is 9.10. The van der Waals surface area contributed by atoms with Crippen LogP contribution in [0.15, 0.2) is 28.4 Å². The van der Waals surface area contributed by atoms with Crippen molar-refractivity contribution in [1.82, 2.24) is 9.55 Å². The zero-order valence-electron chi connectivity index (χ0n) is 7.48. The second-order valence-corrected chi connectivity index (χ2v) is 4.76. The Kier molecular flexibility index (Phi) is 3.00. The van der Waals surface area contributed by atoms with Gasteiger partial charge in [-0.05, 0) is 27.4 Å². The lowest BCUT2D eigenvalue weighted by Crippen LogP contribution is -2.06. The minimum atomic E-state index is 0.531. The van der Waals surface area contributed by atoms with E-state index in [9.17, 15) is 0 Å². The first-order valence-electron chi connectivity index (χ1n) is 4.22. The van der Waals surface area contributed by atoms with E-state index in [0.29, 0.717) is 6.54 Å². The third kappa shape index (κ3) is 1.89. The monoisotopic (exact) mass is 271 g/mol. The lowest BCUT2D eigenvalue weighted by molar-refractivity contribution is 0.747. The van der Waals surface area contributed by atoms with E-state index < -0.39 is 0 Å². The van der Waals surface area contributed by atoms with Gasteiger partial charge in [-0.2, -0.15) is 0 Å². The van der Waals surface area contributed by atoms with Crippen LogP contribution < -0.4 is 5.73 Å². The second kappa shape index (κ2) is 4.25. The van der Waals surface area contributed by atoms with Crippen molar-refractivity contribution in [3.8, 4) is 0 Å². The number of nitrogens with two attached hydrogens (primary N) is 1. The van der Waals surface area contributed by atoms with Gasteiger partial charge in [0.1, 0.15) is 0 Å². The highest BCUT2D eigenvalue weighted by atomic mass is 79.9. The van der Waals surface area contributed by atoms with E-state index in [-0.39, 0.29) is 0 Å². The van der Waals surface area contributed by atoms with Crippen LogP contribution in [0.5, 0.6) is 0 Å². The van der Waals surface area contributed by atoms with Gasteiger partial charge in [-0.1, -0.05) is 0 Å². The maximum absolute atomic E-state index is 5.59. The molecule has 0 aliphatic rings. The van der Waals surface area contributed by atoms with Crippen LogP contribution in [0.4, 0.5) is 0 Å². The lowest BCUT2D eigenvalue weighted by atomic mass is 10.4. The first-order chi connectivity index (χ1) is 6.81. The number of nitrogens with zero attached hydrogens (tertiary/aromatic N) is 2. The van der Waals surface area contributed by atoms with Gasteiger partial charge in [0.2, 0.25) is 0 Å². The van der Waals surface area contributed by atoms with E-state index in [1.54, 1.807) is 11.3 Å². The average molecular weight is 272 g/mol. The van der Waals surface area contributed by atoms with Gasteiger partial charge < -0.3 is 10.3 Å². The number of imidazole rings is 1. The van der Waals surface area contributed by atoms with Crippen molar-refractivity contribution in [1.29, 1.82) is 0 Å². The molecule has 74 valence electrons. The van der Waals surface area contributed by atoms with Crippen LogP contribution in [0, 0.1) is 0 Å². The minimum absolute atomic E-state index is 0.531. The lowest BCUT2D eigenvalue weighted by Gasteiger charge is -2.04. The fourth-order valence-electron chi connectivity index (χ4n) is 1.25. The van der Waals surface area contributed by atoms with Gasteiger partial charge in [0.15, 0.2) is 0 Å². The number of thiophene rings is 1. The molecule has 3 nitrogen and oxygen atoms in total. The first kappa shape index (κ1) is 9.89. The molecule has 0 aliphatic carbocycles. The molecule has 0 atom stereocenters. The van der Waals surface area contributed by atoms with Crippen LogP contribution in [0.25, 0.3) is 0 Å². The van der Waals surface area contributed by atoms with E-state index in [0.717, 1.165) is 16.7 Å². The Morgan fingerprint density at radius 3 is 3.07 bits per heavy atom. The SMILES string of the molecule is NCc1cncn1Cc1sccc1Br. The Balaban J connectivity index is 2.22. The van der Waals surface area contributed by atoms with E-state index in [4.69, 9.17) is 5.73 Å². The topological polar surface area (TPSA) is 43.8 Å². The van der Waals surface area contributed by atoms with Gasteiger partial charge >= 0.3 is 0 Å². The normalized spacial score (nSPS) is 10.7. The Bertz CT molecular complexity index is 421. The van der Waals surface area contributed by atoms with Gasteiger partial charge in [0.05, 0.1) is 18.6 Å². The van der Waals surface area contributed by atoms with Crippen molar-refractivity contribution in [2.45, 2.75) is 13.1 Å². The summed E-state index contributed by atoms with van der Waals surface area (Å²) in [5.74, 6) is 0. The Labute approximate surface area is 94.7 Å². The number of aromatic nitrogens is 2. The van der Waals surface area contributed by atoms with Gasteiger partial charge in [0, 0.05) is 22.1 Å². The van der Waals surface area contributed by atoms with Crippen LogP contribution in [-0.4, -0.2) is 9.55 Å². The van der Waals surface area contributed by atoms with E-state index >= 15 is 0 Å². The number of halogens is 1. The zero-order chi connectivity index (χ0) is 9.97. The molecule has 0 saturated heterocycles. The van der Waals surface area contributed by atoms with Crippen molar-refractivity contribution < 1.29 is 0 Å². The molecule has 2 rings (SSSR count). The molecule has 2 N–H and O–H groups in total. The first-order valence-corrected chi connectivity index (χ1v) is 5.89. The number of hydrogen-bond acceptors (Lipinski definition) is 3. The molecule has 2 aromatic heterocycles. The summed E-state index contributed by atoms with van der Waals surface area (Å²) in [5.41, 5.74) is 6.65. The molecular formula is C9H10BrN3S. The van der Waals surface area contributed by atoms with Gasteiger partial charge in [0.25, 0.3) is 0 Å². The molecule has 0 spiro atoms. The molecule has 0 amide bonds. The Morgan fingerprint density at radius 2 is 2.43 bits per heavy atom. The van der Waals surface area contributed by atoms with Gasteiger partial charge in [-0.25, -0.2) is 4.98 Å². The van der Waals surface area contributed by atoms with Crippen molar-refractivity contribution in [3.05, 3.63) is 39.0 Å². The largest absolute Gasteiger partial charge is 0.328 e. The molecule has 0 radical (unpaired) electrons. The zero-order valence-corrected chi connectivity index (χ0v) is 9.88. The molecule has 0 aliphatic heterocycles. The summed E-state index contributed by atoms with van der Waals surface area (Å²) in [6, 6.07) is 2.05. The van der Waals surface area contributed by atoms with Crippen LogP contribution in [-0.2, 0) is 13.1 Å². The van der Waals surface area contributed by atoms with Crippen molar-refractivity contribution in [2.24, 2.45) is 5.73 Å². The summed E-state index contributed by atoms with van der Waals surface area (Å²) in [5, 5.41) is 2.07. The van der Waals surface area contributed by atoms with Gasteiger partial charge in [-0.15, -0.1) is 11.3 Å². The molecule has 0 fully saturated rings. The molecule has 14 heavy (non-hydrogen) atoms. The summed E-state index contributed by atoms with van der Waals surface area (Å²) in [6.07, 6.45) is 3.62. The molecule has 2 heterocycles. The molecule has 0 unspecified atom stereocenters. The summed E-state index contributed by atoms with van der Waals surface area (Å²) < 4.78 is 3.22. The van der Waals surface area contributed by atoms with Crippen LogP contribution in [0.1, 0.15) is 10.6 Å². The van der Waals surface area contributed by atoms with Crippen LogP contribution >= 0.6 is 27.3 Å². The molecule has 2 aromatic rings. The Hall–Kier alpha value is -0.650. The predicted octanol–water partition coefficient (Wildman–Crippen LogP) is 2.21. The average Bonchev–Trinajstić information content (AvgIpc) is 2.77. The van der Waals surface area contributed by atoms with Crippen molar-refractivity contribution in [2.75, 3.05) is 0 Å². The summed E-state index contributed by atoms with van der Waals surface area (Å²) >= 11 is 5.23. The van der Waals surface area contributed by atoms with E-state index in [1.807, 2.05) is 12.5 Å². The minimum Gasteiger partial charge on any atom is -0.328 e. The van der Waals surface area contributed by atoms with Gasteiger partial charge in [-0.3, -0.25) is 0 Å². The molecule has 5 heteroatoms. The molecular weight excluding hydrogens is 262 g/mol. The summed E-state index contributed by atoms with van der Waals surface area (Å²) in [7, 11) is 0. The quantitative estimate of drug-likeness (QED) is 0.931.